The number of benzene rings is 1. The Morgan fingerprint density at radius 3 is 2.48 bits per heavy atom. The third kappa shape index (κ3) is 4.07. The highest BCUT2D eigenvalue weighted by molar-refractivity contribution is 9.10. The number of carbonyl (C=O) groups excluding carboxylic acids is 1. The Morgan fingerprint density at radius 1 is 1.24 bits per heavy atom. The lowest BCUT2D eigenvalue weighted by Crippen LogP contribution is -2.05. The van der Waals surface area contributed by atoms with Gasteiger partial charge in [0.05, 0.1) is 5.56 Å². The summed E-state index contributed by atoms with van der Waals surface area (Å²) in [5, 5.41) is 0.392. The summed E-state index contributed by atoms with van der Waals surface area (Å²) in [7, 11) is 0. The van der Waals surface area contributed by atoms with E-state index in [1.165, 1.54) is 13.0 Å². The van der Waals surface area contributed by atoms with Crippen molar-refractivity contribution in [1.82, 2.24) is 4.98 Å². The predicted molar refractivity (Wildman–Crippen MR) is 77.5 cm³/mol. The highest BCUT2D eigenvalue weighted by atomic mass is 79.9. The summed E-state index contributed by atoms with van der Waals surface area (Å²) in [6.45, 7) is 1.44. The van der Waals surface area contributed by atoms with Gasteiger partial charge < -0.3 is 0 Å². The van der Waals surface area contributed by atoms with E-state index in [0.29, 0.717) is 15.5 Å². The van der Waals surface area contributed by atoms with E-state index in [9.17, 15) is 18.0 Å². The molecular formula is C14H9BrF3NOS. The molecule has 1 aromatic carbocycles. The van der Waals surface area contributed by atoms with Crippen LogP contribution in [0.5, 0.6) is 0 Å². The molecule has 0 spiro atoms. The van der Waals surface area contributed by atoms with Crippen molar-refractivity contribution >= 4 is 33.5 Å². The van der Waals surface area contributed by atoms with E-state index in [2.05, 4.69) is 20.9 Å². The average Bonchev–Trinajstić information content (AvgIpc) is 2.38. The molecule has 0 radical (unpaired) electrons. The summed E-state index contributed by atoms with van der Waals surface area (Å²) >= 11 is 4.45. The molecule has 110 valence electrons. The number of nitrogens with zero attached hydrogens (tertiary/aromatic N) is 1. The van der Waals surface area contributed by atoms with Gasteiger partial charge in [0.1, 0.15) is 5.03 Å². The van der Waals surface area contributed by atoms with Crippen molar-refractivity contribution in [2.75, 3.05) is 0 Å². The second kappa shape index (κ2) is 6.19. The zero-order valence-electron chi connectivity index (χ0n) is 10.7. The molecular weight excluding hydrogens is 367 g/mol. The number of carbonyl (C=O) groups is 1. The maximum Gasteiger partial charge on any atom is 0.417 e. The standard InChI is InChI=1S/C14H9BrF3NOS/c1-8(20)11-4-3-10(15)6-12(11)21-13-5-2-9(7-19-13)14(16,17)18/h2-7H,1H3. The van der Waals surface area contributed by atoms with E-state index in [1.807, 2.05) is 0 Å². The lowest BCUT2D eigenvalue weighted by molar-refractivity contribution is -0.137. The Kier molecular flexibility index (Phi) is 4.73. The van der Waals surface area contributed by atoms with Gasteiger partial charge in [-0.05, 0) is 37.3 Å². The SMILES string of the molecule is CC(=O)c1ccc(Br)cc1Sc1ccc(C(F)(F)F)cn1. The van der Waals surface area contributed by atoms with Crippen LogP contribution in [-0.4, -0.2) is 10.8 Å². The number of Topliss-reactive ketones (excluding diaryl/α,β-unsaturated/α-hetero) is 1. The fraction of sp³-hybridized carbons (Fsp3) is 0.143. The molecule has 0 saturated carbocycles. The van der Waals surface area contributed by atoms with Crippen LogP contribution in [0.1, 0.15) is 22.8 Å². The van der Waals surface area contributed by atoms with Gasteiger partial charge in [-0.15, -0.1) is 0 Å². The van der Waals surface area contributed by atoms with Gasteiger partial charge in [-0.1, -0.05) is 27.7 Å². The fourth-order valence-corrected chi connectivity index (χ4v) is 3.08. The van der Waals surface area contributed by atoms with Gasteiger partial charge in [-0.25, -0.2) is 4.98 Å². The number of alkyl halides is 3. The van der Waals surface area contributed by atoms with Crippen LogP contribution in [0.4, 0.5) is 13.2 Å². The molecule has 2 aromatic rings. The highest BCUT2D eigenvalue weighted by Crippen LogP contribution is 2.34. The number of ketones is 1. The zero-order chi connectivity index (χ0) is 15.6. The minimum Gasteiger partial charge on any atom is -0.294 e. The second-order valence-electron chi connectivity index (χ2n) is 4.18. The molecule has 0 unspecified atom stereocenters. The molecule has 0 N–H and O–H groups in total. The second-order valence-corrected chi connectivity index (χ2v) is 6.16. The van der Waals surface area contributed by atoms with Crippen molar-refractivity contribution in [1.29, 1.82) is 0 Å². The minimum atomic E-state index is -4.41. The van der Waals surface area contributed by atoms with Crippen molar-refractivity contribution in [2.24, 2.45) is 0 Å². The van der Waals surface area contributed by atoms with E-state index in [4.69, 9.17) is 0 Å². The van der Waals surface area contributed by atoms with Crippen molar-refractivity contribution in [3.05, 3.63) is 52.1 Å². The average molecular weight is 376 g/mol. The number of hydrogen-bond acceptors (Lipinski definition) is 3. The first-order chi connectivity index (χ1) is 9.77. The third-order valence-electron chi connectivity index (χ3n) is 2.60. The van der Waals surface area contributed by atoms with Crippen LogP contribution in [0.15, 0.2) is 50.9 Å². The first kappa shape index (κ1) is 16.0. The van der Waals surface area contributed by atoms with Crippen LogP contribution >= 0.6 is 27.7 Å². The first-order valence-corrected chi connectivity index (χ1v) is 7.40. The van der Waals surface area contributed by atoms with Crippen LogP contribution in [0, 0.1) is 0 Å². The van der Waals surface area contributed by atoms with Crippen LogP contribution < -0.4 is 0 Å². The van der Waals surface area contributed by atoms with E-state index in [0.717, 1.165) is 28.5 Å². The summed E-state index contributed by atoms with van der Waals surface area (Å²) in [5.41, 5.74) is -0.294. The van der Waals surface area contributed by atoms with Gasteiger partial charge in [0.15, 0.2) is 5.78 Å². The molecule has 2 rings (SSSR count). The van der Waals surface area contributed by atoms with Crippen LogP contribution in [0.2, 0.25) is 0 Å². The Bertz CT molecular complexity index is 671. The molecule has 0 saturated heterocycles. The van der Waals surface area contributed by atoms with Gasteiger partial charge in [-0.3, -0.25) is 4.79 Å². The normalized spacial score (nSPS) is 11.5. The zero-order valence-corrected chi connectivity index (χ0v) is 13.1. The van der Waals surface area contributed by atoms with Crippen molar-refractivity contribution < 1.29 is 18.0 Å². The van der Waals surface area contributed by atoms with E-state index < -0.39 is 11.7 Å². The monoisotopic (exact) mass is 375 g/mol. The fourth-order valence-electron chi connectivity index (χ4n) is 1.59. The molecule has 0 aliphatic rings. The molecule has 0 aliphatic heterocycles. The van der Waals surface area contributed by atoms with Crippen molar-refractivity contribution in [3.63, 3.8) is 0 Å². The van der Waals surface area contributed by atoms with Crippen LogP contribution in [-0.2, 0) is 6.18 Å². The largest absolute Gasteiger partial charge is 0.417 e. The maximum absolute atomic E-state index is 12.5. The van der Waals surface area contributed by atoms with Crippen molar-refractivity contribution in [2.45, 2.75) is 23.0 Å². The number of pyridine rings is 1. The molecule has 0 aliphatic carbocycles. The van der Waals surface area contributed by atoms with Crippen LogP contribution in [0.3, 0.4) is 0 Å². The minimum absolute atomic E-state index is 0.114. The van der Waals surface area contributed by atoms with Gasteiger partial charge in [0.2, 0.25) is 0 Å². The van der Waals surface area contributed by atoms with Gasteiger partial charge >= 0.3 is 6.18 Å². The van der Waals surface area contributed by atoms with Gasteiger partial charge in [0, 0.05) is 21.1 Å². The Balaban J connectivity index is 2.30. The summed E-state index contributed by atoms with van der Waals surface area (Å²) in [4.78, 5) is 16.0. The molecule has 0 bridgehead atoms. The molecule has 21 heavy (non-hydrogen) atoms. The Labute approximate surface area is 131 Å². The predicted octanol–water partition coefficient (Wildman–Crippen LogP) is 5.22. The van der Waals surface area contributed by atoms with E-state index in [-0.39, 0.29) is 5.78 Å². The third-order valence-corrected chi connectivity index (χ3v) is 4.10. The summed E-state index contributed by atoms with van der Waals surface area (Å²) in [6.07, 6.45) is -3.62. The quantitative estimate of drug-likeness (QED) is 0.689. The summed E-state index contributed by atoms with van der Waals surface area (Å²) in [5.74, 6) is -0.114. The van der Waals surface area contributed by atoms with Crippen molar-refractivity contribution in [3.8, 4) is 0 Å². The maximum atomic E-state index is 12.5. The van der Waals surface area contributed by atoms with Crippen LogP contribution in [0.25, 0.3) is 0 Å². The highest BCUT2D eigenvalue weighted by Gasteiger charge is 2.30. The smallest absolute Gasteiger partial charge is 0.294 e. The molecule has 2 nitrogen and oxygen atoms in total. The Hall–Kier alpha value is -1.34. The lowest BCUT2D eigenvalue weighted by Gasteiger charge is -2.09. The number of aromatic nitrogens is 1. The number of rotatable bonds is 3. The molecule has 0 fully saturated rings. The molecule has 1 aromatic heterocycles. The number of halogens is 4. The summed E-state index contributed by atoms with van der Waals surface area (Å²) < 4.78 is 38.2. The Morgan fingerprint density at radius 2 is 1.95 bits per heavy atom. The molecule has 1 heterocycles. The van der Waals surface area contributed by atoms with E-state index in [1.54, 1.807) is 18.2 Å². The molecule has 0 amide bonds. The van der Waals surface area contributed by atoms with E-state index >= 15 is 0 Å². The lowest BCUT2D eigenvalue weighted by atomic mass is 10.1. The number of hydrogen-bond donors (Lipinski definition) is 0. The molecule has 7 heteroatoms. The molecule has 0 atom stereocenters. The first-order valence-electron chi connectivity index (χ1n) is 5.79. The van der Waals surface area contributed by atoms with Gasteiger partial charge in [-0.2, -0.15) is 13.2 Å². The van der Waals surface area contributed by atoms with Gasteiger partial charge in [0.25, 0.3) is 0 Å². The summed E-state index contributed by atoms with van der Waals surface area (Å²) in [6, 6.07) is 7.40. The topological polar surface area (TPSA) is 30.0 Å².